The molecular formula is C17H18N4O2S3. The van der Waals surface area contributed by atoms with E-state index in [-0.39, 0.29) is 5.91 Å². The molecule has 26 heavy (non-hydrogen) atoms. The van der Waals surface area contributed by atoms with Crippen LogP contribution in [-0.4, -0.2) is 33.1 Å². The van der Waals surface area contributed by atoms with Crippen molar-refractivity contribution in [3.05, 3.63) is 35.0 Å². The van der Waals surface area contributed by atoms with Gasteiger partial charge < -0.3 is 9.73 Å². The standard InChI is InChI=1S/C17H18N4O2S3/c1-10-15(26-11(2)18-10)16-20-21-17(23-16)25-9-8-14(22)19-12-6-4-5-7-13(12)24-3/h4-7H,8-9H2,1-3H3,(H,19,22). The molecule has 0 aliphatic rings. The van der Waals surface area contributed by atoms with E-state index in [1.807, 2.05) is 44.4 Å². The number of rotatable bonds is 7. The van der Waals surface area contributed by atoms with E-state index in [4.69, 9.17) is 4.42 Å². The molecule has 136 valence electrons. The van der Waals surface area contributed by atoms with Crippen molar-refractivity contribution in [3.63, 3.8) is 0 Å². The molecule has 0 unspecified atom stereocenters. The van der Waals surface area contributed by atoms with Crippen LogP contribution in [0, 0.1) is 13.8 Å². The fraction of sp³-hybridized carbons (Fsp3) is 0.294. The van der Waals surface area contributed by atoms with Gasteiger partial charge in [-0.15, -0.1) is 33.3 Å². The fourth-order valence-corrected chi connectivity index (χ4v) is 4.37. The lowest BCUT2D eigenvalue weighted by Gasteiger charge is -2.08. The Hall–Kier alpha value is -1.84. The van der Waals surface area contributed by atoms with Crippen molar-refractivity contribution >= 4 is 46.5 Å². The number of nitrogens with zero attached hydrogens (tertiary/aromatic N) is 3. The van der Waals surface area contributed by atoms with E-state index in [2.05, 4.69) is 20.5 Å². The van der Waals surface area contributed by atoms with Crippen molar-refractivity contribution in [2.45, 2.75) is 30.4 Å². The molecule has 1 aromatic carbocycles. The molecule has 3 aromatic rings. The Bertz CT molecular complexity index is 907. The van der Waals surface area contributed by atoms with Crippen LogP contribution in [0.2, 0.25) is 0 Å². The minimum atomic E-state index is -0.0346. The van der Waals surface area contributed by atoms with E-state index in [1.54, 1.807) is 11.8 Å². The summed E-state index contributed by atoms with van der Waals surface area (Å²) >= 11 is 4.51. The second-order valence-corrected chi connectivity index (χ2v) is 8.46. The quantitative estimate of drug-likeness (QED) is 0.572. The maximum absolute atomic E-state index is 12.1. The lowest BCUT2D eigenvalue weighted by atomic mass is 10.3. The van der Waals surface area contributed by atoms with Gasteiger partial charge >= 0.3 is 0 Å². The number of carbonyl (C=O) groups excluding carboxylic acids is 1. The van der Waals surface area contributed by atoms with Crippen molar-refractivity contribution in [2.75, 3.05) is 17.3 Å². The third-order valence-corrected chi connectivity index (χ3v) is 6.12. The number of aromatic nitrogens is 3. The third kappa shape index (κ3) is 4.66. The minimum Gasteiger partial charge on any atom is -0.410 e. The van der Waals surface area contributed by atoms with Crippen LogP contribution in [0.3, 0.4) is 0 Å². The first kappa shape index (κ1) is 18.9. The van der Waals surface area contributed by atoms with Crippen molar-refractivity contribution < 1.29 is 9.21 Å². The van der Waals surface area contributed by atoms with Crippen molar-refractivity contribution in [2.24, 2.45) is 0 Å². The minimum absolute atomic E-state index is 0.0346. The summed E-state index contributed by atoms with van der Waals surface area (Å²) in [7, 11) is 0. The van der Waals surface area contributed by atoms with E-state index in [9.17, 15) is 4.79 Å². The summed E-state index contributed by atoms with van der Waals surface area (Å²) < 4.78 is 5.68. The average molecular weight is 407 g/mol. The zero-order valence-electron chi connectivity index (χ0n) is 14.6. The highest BCUT2D eigenvalue weighted by Gasteiger charge is 2.15. The van der Waals surface area contributed by atoms with Gasteiger partial charge in [0.2, 0.25) is 5.91 Å². The molecule has 2 aromatic heterocycles. The number of para-hydroxylation sites is 1. The zero-order valence-corrected chi connectivity index (χ0v) is 17.1. The summed E-state index contributed by atoms with van der Waals surface area (Å²) in [5, 5.41) is 12.5. The van der Waals surface area contributed by atoms with E-state index in [0.29, 0.717) is 23.3 Å². The third-order valence-electron chi connectivity index (χ3n) is 3.44. The Labute approximate surface area is 164 Å². The molecule has 0 spiro atoms. The summed E-state index contributed by atoms with van der Waals surface area (Å²) in [4.78, 5) is 18.4. The number of anilines is 1. The first-order valence-corrected chi connectivity index (χ1v) is 10.9. The van der Waals surface area contributed by atoms with Crippen molar-refractivity contribution in [1.82, 2.24) is 15.2 Å². The van der Waals surface area contributed by atoms with Crippen LogP contribution < -0.4 is 5.32 Å². The molecule has 1 N–H and O–H groups in total. The molecular weight excluding hydrogens is 388 g/mol. The fourth-order valence-electron chi connectivity index (χ4n) is 2.28. The first-order chi connectivity index (χ1) is 12.6. The van der Waals surface area contributed by atoms with Gasteiger partial charge in [0, 0.05) is 17.1 Å². The lowest BCUT2D eigenvalue weighted by molar-refractivity contribution is -0.115. The smallest absolute Gasteiger partial charge is 0.276 e. The van der Waals surface area contributed by atoms with Gasteiger partial charge in [-0.3, -0.25) is 4.79 Å². The number of carbonyl (C=O) groups is 1. The summed E-state index contributed by atoms with van der Waals surface area (Å²) in [6.07, 6.45) is 2.35. The van der Waals surface area contributed by atoms with Gasteiger partial charge in [-0.2, -0.15) is 0 Å². The number of benzene rings is 1. The highest BCUT2D eigenvalue weighted by atomic mass is 32.2. The molecule has 0 bridgehead atoms. The number of thioether (sulfide) groups is 2. The Morgan fingerprint density at radius 1 is 1.27 bits per heavy atom. The van der Waals surface area contributed by atoms with Gasteiger partial charge in [0.05, 0.1) is 16.4 Å². The molecule has 1 amide bonds. The van der Waals surface area contributed by atoms with E-state index in [1.165, 1.54) is 23.1 Å². The number of amides is 1. The zero-order chi connectivity index (χ0) is 18.5. The molecule has 0 aliphatic heterocycles. The maximum atomic E-state index is 12.1. The second-order valence-electron chi connectivity index (χ2n) is 5.37. The SMILES string of the molecule is CSc1ccccc1NC(=O)CCSc1nnc(-c2sc(C)nc2C)o1. The molecule has 9 heteroatoms. The van der Waals surface area contributed by atoms with Crippen molar-refractivity contribution in [3.8, 4) is 10.8 Å². The molecule has 0 saturated heterocycles. The molecule has 2 heterocycles. The first-order valence-electron chi connectivity index (χ1n) is 7.90. The molecule has 0 saturated carbocycles. The summed E-state index contributed by atoms with van der Waals surface area (Å²) in [6, 6.07) is 7.75. The molecule has 3 rings (SSSR count). The molecule has 0 fully saturated rings. The number of nitrogens with one attached hydrogen (secondary N) is 1. The predicted molar refractivity (Wildman–Crippen MR) is 107 cm³/mol. The van der Waals surface area contributed by atoms with Gasteiger partial charge in [-0.1, -0.05) is 23.9 Å². The summed E-state index contributed by atoms with van der Waals surface area (Å²) in [5.41, 5.74) is 1.73. The van der Waals surface area contributed by atoms with E-state index < -0.39 is 0 Å². The Balaban J connectivity index is 1.52. The number of hydrogen-bond acceptors (Lipinski definition) is 8. The number of hydrogen-bond donors (Lipinski definition) is 1. The van der Waals surface area contributed by atoms with Crippen LogP contribution in [0.15, 0.2) is 38.8 Å². The highest BCUT2D eigenvalue weighted by molar-refractivity contribution is 7.99. The van der Waals surface area contributed by atoms with Gasteiger partial charge in [0.15, 0.2) is 0 Å². The highest BCUT2D eigenvalue weighted by Crippen LogP contribution is 2.30. The summed E-state index contributed by atoms with van der Waals surface area (Å²) in [5.74, 6) is 1.01. The normalized spacial score (nSPS) is 10.9. The Kier molecular flexibility index (Phi) is 6.33. The van der Waals surface area contributed by atoms with Gasteiger partial charge in [-0.25, -0.2) is 4.98 Å². The second kappa shape index (κ2) is 8.70. The summed E-state index contributed by atoms with van der Waals surface area (Å²) in [6.45, 7) is 3.87. The van der Waals surface area contributed by atoms with Crippen LogP contribution in [0.5, 0.6) is 0 Å². The van der Waals surface area contributed by atoms with Crippen LogP contribution in [0.4, 0.5) is 5.69 Å². The van der Waals surface area contributed by atoms with E-state index in [0.717, 1.165) is 26.2 Å². The topological polar surface area (TPSA) is 80.9 Å². The van der Waals surface area contributed by atoms with Crippen LogP contribution in [-0.2, 0) is 4.79 Å². The van der Waals surface area contributed by atoms with Gasteiger partial charge in [0.25, 0.3) is 11.1 Å². The number of thiazole rings is 1. The largest absolute Gasteiger partial charge is 0.410 e. The average Bonchev–Trinajstić information content (AvgIpc) is 3.21. The number of aryl methyl sites for hydroxylation is 2. The van der Waals surface area contributed by atoms with Gasteiger partial charge in [0.1, 0.15) is 4.88 Å². The Morgan fingerprint density at radius 3 is 2.81 bits per heavy atom. The molecule has 0 atom stereocenters. The molecule has 6 nitrogen and oxygen atoms in total. The van der Waals surface area contributed by atoms with Gasteiger partial charge in [-0.05, 0) is 32.2 Å². The van der Waals surface area contributed by atoms with Crippen LogP contribution >= 0.6 is 34.9 Å². The molecule has 0 radical (unpaired) electrons. The molecule has 0 aliphatic carbocycles. The van der Waals surface area contributed by atoms with Crippen LogP contribution in [0.1, 0.15) is 17.1 Å². The predicted octanol–water partition coefficient (Wildman–Crippen LogP) is 4.65. The monoisotopic (exact) mass is 406 g/mol. The van der Waals surface area contributed by atoms with Crippen LogP contribution in [0.25, 0.3) is 10.8 Å². The lowest BCUT2D eigenvalue weighted by Crippen LogP contribution is -2.12. The maximum Gasteiger partial charge on any atom is 0.276 e. The van der Waals surface area contributed by atoms with E-state index >= 15 is 0 Å². The van der Waals surface area contributed by atoms with Crippen molar-refractivity contribution in [1.29, 1.82) is 0 Å². The Morgan fingerprint density at radius 2 is 2.08 bits per heavy atom.